The van der Waals surface area contributed by atoms with Crippen LogP contribution in [0.1, 0.15) is 11.1 Å². The van der Waals surface area contributed by atoms with E-state index in [0.717, 1.165) is 39.9 Å². The average molecular weight is 405 g/mol. The van der Waals surface area contributed by atoms with E-state index in [1.165, 1.54) is 0 Å². The van der Waals surface area contributed by atoms with Crippen molar-refractivity contribution >= 4 is 39.7 Å². The van der Waals surface area contributed by atoms with Crippen LogP contribution in [0, 0.1) is 0 Å². The molecule has 146 valence electrons. The number of carbonyl (C=O) groups excluding carboxylic acids is 1. The molecule has 1 amide bonds. The third-order valence-corrected chi connectivity index (χ3v) is 5.71. The molecule has 0 saturated carbocycles. The van der Waals surface area contributed by atoms with Crippen LogP contribution in [-0.4, -0.2) is 38.6 Å². The van der Waals surface area contributed by atoms with Crippen LogP contribution >= 0.6 is 11.8 Å². The second kappa shape index (κ2) is 8.36. The van der Waals surface area contributed by atoms with Gasteiger partial charge in [-0.15, -0.1) is 0 Å². The van der Waals surface area contributed by atoms with E-state index >= 15 is 0 Å². The van der Waals surface area contributed by atoms with Gasteiger partial charge in [-0.3, -0.25) is 14.7 Å². The number of thioether (sulfide) groups is 1. The second-order valence-electron chi connectivity index (χ2n) is 6.60. The molecule has 2 aromatic carbocycles. The van der Waals surface area contributed by atoms with Crippen LogP contribution < -0.4 is 0 Å². The van der Waals surface area contributed by atoms with Gasteiger partial charge < -0.3 is 10.1 Å². The minimum atomic E-state index is -1.14. The zero-order valence-electron chi connectivity index (χ0n) is 15.5. The van der Waals surface area contributed by atoms with Gasteiger partial charge in [0.15, 0.2) is 5.17 Å². The van der Waals surface area contributed by atoms with Gasteiger partial charge in [-0.05, 0) is 35.4 Å². The smallest absolute Gasteiger partial charge is 0.329 e. The summed E-state index contributed by atoms with van der Waals surface area (Å²) >= 11 is 1.11. The Balaban J connectivity index is 1.56. The van der Waals surface area contributed by atoms with Crippen LogP contribution in [-0.2, 0) is 22.6 Å². The monoisotopic (exact) mass is 405 g/mol. The van der Waals surface area contributed by atoms with Crippen molar-refractivity contribution in [2.24, 2.45) is 4.99 Å². The normalized spacial score (nSPS) is 17.0. The third kappa shape index (κ3) is 4.25. The number of aliphatic carboxylic acids is 1. The number of amidine groups is 1. The summed E-state index contributed by atoms with van der Waals surface area (Å²) < 4.78 is 0. The fraction of sp³-hybridized carbons (Fsp3) is 0.136. The lowest BCUT2D eigenvalue weighted by Crippen LogP contribution is -2.31. The summed E-state index contributed by atoms with van der Waals surface area (Å²) in [4.78, 5) is 33.4. The molecule has 0 atom stereocenters. The number of benzene rings is 2. The number of H-pyrrole nitrogens is 1. The van der Waals surface area contributed by atoms with Gasteiger partial charge in [0.05, 0.1) is 11.4 Å². The second-order valence-corrected chi connectivity index (χ2v) is 7.61. The number of nitrogens with zero attached hydrogens (tertiary/aromatic N) is 2. The van der Waals surface area contributed by atoms with Gasteiger partial charge in [-0.2, -0.15) is 0 Å². The molecule has 2 N–H and O–H groups in total. The molecule has 1 aromatic heterocycles. The summed E-state index contributed by atoms with van der Waals surface area (Å²) in [7, 11) is 0. The number of hydrogen-bond donors (Lipinski definition) is 2. The van der Waals surface area contributed by atoms with Crippen molar-refractivity contribution in [3.8, 4) is 0 Å². The number of hydrogen-bond acceptors (Lipinski definition) is 4. The minimum Gasteiger partial charge on any atom is -0.478 e. The lowest BCUT2D eigenvalue weighted by molar-refractivity contribution is -0.132. The van der Waals surface area contributed by atoms with Gasteiger partial charge in [-0.25, -0.2) is 4.79 Å². The molecule has 1 aliphatic heterocycles. The Kier molecular flexibility index (Phi) is 5.48. The molecule has 4 rings (SSSR count). The van der Waals surface area contributed by atoms with Crippen LogP contribution in [0.3, 0.4) is 0 Å². The molecule has 0 aliphatic carbocycles. The van der Waals surface area contributed by atoms with E-state index in [4.69, 9.17) is 5.11 Å². The molecule has 0 radical (unpaired) electrons. The molecule has 1 fully saturated rings. The van der Waals surface area contributed by atoms with Crippen molar-refractivity contribution in [1.82, 2.24) is 9.88 Å². The first-order valence-electron chi connectivity index (χ1n) is 9.19. The highest BCUT2D eigenvalue weighted by Gasteiger charge is 2.33. The Hall–Kier alpha value is -3.32. The van der Waals surface area contributed by atoms with Crippen molar-refractivity contribution in [3.05, 3.63) is 82.9 Å². The fourth-order valence-corrected chi connectivity index (χ4v) is 4.22. The first kappa shape index (κ1) is 19.0. The van der Waals surface area contributed by atoms with Crippen molar-refractivity contribution in [2.45, 2.75) is 13.0 Å². The van der Waals surface area contributed by atoms with E-state index in [2.05, 4.69) is 9.98 Å². The van der Waals surface area contributed by atoms with Gasteiger partial charge in [0.1, 0.15) is 0 Å². The summed E-state index contributed by atoms with van der Waals surface area (Å²) in [6.45, 7) is 0.860. The molecule has 0 spiro atoms. The van der Waals surface area contributed by atoms with Crippen LogP contribution in [0.15, 0.2) is 76.8 Å². The van der Waals surface area contributed by atoms with Gasteiger partial charge in [0.25, 0.3) is 5.91 Å². The number of aliphatic imine (C=N–C) groups is 1. The number of carboxylic acid groups (broad SMARTS) is 1. The fourth-order valence-electron chi connectivity index (χ4n) is 3.25. The van der Waals surface area contributed by atoms with E-state index < -0.39 is 5.97 Å². The summed E-state index contributed by atoms with van der Waals surface area (Å²) in [5.74, 6) is -1.45. The van der Waals surface area contributed by atoms with E-state index in [-0.39, 0.29) is 10.8 Å². The number of nitrogens with one attached hydrogen (secondary N) is 1. The molecule has 1 saturated heterocycles. The molecule has 6 nitrogen and oxygen atoms in total. The molecule has 29 heavy (non-hydrogen) atoms. The highest BCUT2D eigenvalue weighted by Crippen LogP contribution is 2.31. The first-order chi connectivity index (χ1) is 14.1. The van der Waals surface area contributed by atoms with Gasteiger partial charge in [-0.1, -0.05) is 48.5 Å². The van der Waals surface area contributed by atoms with Crippen LogP contribution in [0.2, 0.25) is 0 Å². The minimum absolute atomic E-state index is 0.184. The number of aromatic nitrogens is 1. The maximum absolute atomic E-state index is 12.8. The molecular weight excluding hydrogens is 386 g/mol. The van der Waals surface area contributed by atoms with E-state index in [1.54, 1.807) is 4.90 Å². The first-order valence-corrected chi connectivity index (χ1v) is 10.0. The van der Waals surface area contributed by atoms with E-state index in [1.807, 2.05) is 60.8 Å². The van der Waals surface area contributed by atoms with Crippen LogP contribution in [0.25, 0.3) is 10.9 Å². The van der Waals surface area contributed by atoms with Crippen molar-refractivity contribution in [1.29, 1.82) is 0 Å². The zero-order chi connectivity index (χ0) is 20.2. The Morgan fingerprint density at radius 2 is 1.90 bits per heavy atom. The molecule has 2 heterocycles. The predicted molar refractivity (Wildman–Crippen MR) is 115 cm³/mol. The molecule has 0 bridgehead atoms. The van der Waals surface area contributed by atoms with Crippen molar-refractivity contribution in [2.75, 3.05) is 6.54 Å². The number of fused-ring (bicyclic) bond motifs is 1. The maximum atomic E-state index is 12.8. The summed E-state index contributed by atoms with van der Waals surface area (Å²) in [6, 6.07) is 17.8. The maximum Gasteiger partial charge on any atom is 0.329 e. The number of aromatic amines is 1. The third-order valence-electron chi connectivity index (χ3n) is 4.66. The Morgan fingerprint density at radius 3 is 2.69 bits per heavy atom. The highest BCUT2D eigenvalue weighted by molar-refractivity contribution is 8.18. The Morgan fingerprint density at radius 1 is 1.14 bits per heavy atom. The number of carboxylic acids is 1. The number of para-hydroxylation sites is 1. The Labute approximate surface area is 171 Å². The molecule has 0 unspecified atom stereocenters. The number of rotatable bonds is 6. The van der Waals surface area contributed by atoms with E-state index in [0.29, 0.717) is 24.7 Å². The quantitative estimate of drug-likeness (QED) is 0.611. The molecular formula is C22H19N3O3S. The van der Waals surface area contributed by atoms with E-state index in [9.17, 15) is 9.59 Å². The summed E-state index contributed by atoms with van der Waals surface area (Å²) in [6.07, 6.45) is 3.55. The molecule has 1 aliphatic rings. The Bertz CT molecular complexity index is 1120. The lowest BCUT2D eigenvalue weighted by atomic mass is 10.1. The molecule has 3 aromatic rings. The van der Waals surface area contributed by atoms with Crippen molar-refractivity contribution in [3.63, 3.8) is 0 Å². The predicted octanol–water partition coefficient (Wildman–Crippen LogP) is 3.81. The largest absolute Gasteiger partial charge is 0.478 e. The van der Waals surface area contributed by atoms with Gasteiger partial charge in [0, 0.05) is 29.7 Å². The van der Waals surface area contributed by atoms with Crippen molar-refractivity contribution < 1.29 is 14.7 Å². The number of amides is 1. The zero-order valence-corrected chi connectivity index (χ0v) is 16.4. The SMILES string of the molecule is O=C(O)/C=C1/SC(=NCc2ccccc2)N(CCc2c[nH]c3ccccc23)C1=O. The highest BCUT2D eigenvalue weighted by atomic mass is 32.2. The lowest BCUT2D eigenvalue weighted by Gasteiger charge is -2.15. The van der Waals surface area contributed by atoms with Gasteiger partial charge >= 0.3 is 5.97 Å². The van der Waals surface area contributed by atoms with Gasteiger partial charge in [0.2, 0.25) is 0 Å². The average Bonchev–Trinajstić information content (AvgIpc) is 3.26. The summed E-state index contributed by atoms with van der Waals surface area (Å²) in [5, 5.41) is 10.7. The van der Waals surface area contributed by atoms with Crippen LogP contribution in [0.4, 0.5) is 0 Å². The standard InChI is InChI=1S/C22H19N3O3S/c26-20(27)12-19-21(28)25(22(29-19)24-13-15-6-2-1-3-7-15)11-10-16-14-23-18-9-5-4-8-17(16)18/h1-9,12,14,23H,10-11,13H2,(H,26,27)/b19-12+,24-22?. The topological polar surface area (TPSA) is 85.8 Å². The molecule has 7 heteroatoms. The number of carbonyl (C=O) groups is 2. The van der Waals surface area contributed by atoms with Crippen LogP contribution in [0.5, 0.6) is 0 Å². The summed E-state index contributed by atoms with van der Waals surface area (Å²) in [5.41, 5.74) is 3.19.